The molecule has 688 valence electrons. The highest BCUT2D eigenvalue weighted by atomic mass is 14.3. The molecule has 0 atom stereocenters. The molecule has 0 saturated carbocycles. The van der Waals surface area contributed by atoms with E-state index in [2.05, 4.69) is 582 Å². The Labute approximate surface area is 860 Å². The minimum Gasteiger partial charge on any atom is -0.0622 e. The summed E-state index contributed by atoms with van der Waals surface area (Å²) in [6, 6.07) is 214. The number of rotatable bonds is 13. The average Bonchev–Trinajstić information content (AvgIpc) is 0.866. The Hall–Kier alpha value is -19.2. The van der Waals surface area contributed by atoms with Gasteiger partial charge in [0.05, 0.1) is 0 Å². The van der Waals surface area contributed by atoms with Crippen LogP contribution in [0.2, 0.25) is 0 Å². The van der Waals surface area contributed by atoms with Crippen molar-refractivity contribution in [1.82, 2.24) is 0 Å². The third-order valence-corrected chi connectivity index (χ3v) is 30.5. The maximum absolute atomic E-state index is 2.45. The second-order valence-corrected chi connectivity index (χ2v) is 39.0. The van der Waals surface area contributed by atoms with Crippen LogP contribution in [0.3, 0.4) is 0 Å². The quantitative estimate of drug-likeness (QED) is 0.0797. The van der Waals surface area contributed by atoms with Crippen molar-refractivity contribution in [3.05, 3.63) is 582 Å². The van der Waals surface area contributed by atoms with Crippen LogP contribution in [-0.4, -0.2) is 0 Å². The molecule has 0 saturated heterocycles. The minimum atomic E-state index is 1.21. The maximum Gasteiger partial charge on any atom is -0.00141 e. The number of hydrogen-bond donors (Lipinski definition) is 0. The van der Waals surface area contributed by atoms with Gasteiger partial charge in [-0.1, -0.05) is 546 Å². The highest BCUT2D eigenvalue weighted by Gasteiger charge is 2.26. The summed E-state index contributed by atoms with van der Waals surface area (Å²) in [5.74, 6) is 0. The van der Waals surface area contributed by atoms with Gasteiger partial charge in [-0.25, -0.2) is 0 Å². The minimum absolute atomic E-state index is 1.21. The fourth-order valence-corrected chi connectivity index (χ4v) is 23.4. The molecule has 0 radical (unpaired) electrons. The van der Waals surface area contributed by atoms with Crippen LogP contribution in [0.4, 0.5) is 0 Å². The maximum atomic E-state index is 2.45. The van der Waals surface area contributed by atoms with E-state index >= 15 is 0 Å². The van der Waals surface area contributed by atoms with E-state index in [4.69, 9.17) is 0 Å². The molecule has 148 heavy (non-hydrogen) atoms. The van der Waals surface area contributed by atoms with Crippen molar-refractivity contribution >= 4 is 140 Å². The smallest absolute Gasteiger partial charge is 0.00141 e. The van der Waals surface area contributed by atoms with E-state index in [1.807, 2.05) is 0 Å². The van der Waals surface area contributed by atoms with E-state index in [9.17, 15) is 0 Å². The van der Waals surface area contributed by atoms with Crippen molar-refractivity contribution in [2.75, 3.05) is 0 Å². The molecular formula is C148H96. The Kier molecular flexibility index (Phi) is 22.5. The van der Waals surface area contributed by atoms with E-state index in [1.165, 1.54) is 285 Å². The van der Waals surface area contributed by atoms with Gasteiger partial charge in [0.2, 0.25) is 0 Å². The van der Waals surface area contributed by atoms with E-state index in [0.29, 0.717) is 0 Å². The van der Waals surface area contributed by atoms with Gasteiger partial charge in [-0.15, -0.1) is 0 Å². The first-order chi connectivity index (χ1) is 73.4. The van der Waals surface area contributed by atoms with Crippen molar-refractivity contribution in [2.45, 2.75) is 0 Å². The Morgan fingerprint density at radius 1 is 0.0743 bits per heavy atom. The van der Waals surface area contributed by atoms with Gasteiger partial charge in [0.1, 0.15) is 0 Å². The SMILES string of the molecule is c1ccc(-c2ccc(-c3c4ccc(-c5ccc6ccccc6c5)cc4c(-c4ccc(-c5ccccc5)cc4)c4c3ccc3ccccc34)cc2)cc1.c1ccc(-c2ccc(-c3c4ccc(-c5ccccc5)cc4c(-c4ccc(-c5ccccc5)cc4)c4c3ccc3ccccc34)cc2)cc1.c1ccc2cc(-c3c4ccc(-c5cccc6ccccc56)cc4c(-c4ccc5ccccc5c4)c4c3ccc3ccccc34)ccc2c1. The molecule has 0 unspecified atom stereocenters. The van der Waals surface area contributed by atoms with Crippen LogP contribution in [0.5, 0.6) is 0 Å². The lowest BCUT2D eigenvalue weighted by Gasteiger charge is -2.21. The van der Waals surface area contributed by atoms with Crippen molar-refractivity contribution in [1.29, 1.82) is 0 Å². The normalized spacial score (nSPS) is 11.5. The molecule has 0 aliphatic rings. The van der Waals surface area contributed by atoms with Gasteiger partial charge in [-0.05, 0) is 321 Å². The Morgan fingerprint density at radius 3 is 0.628 bits per heavy atom. The molecule has 0 bridgehead atoms. The van der Waals surface area contributed by atoms with Crippen LogP contribution in [-0.2, 0) is 0 Å². The summed E-state index contributed by atoms with van der Waals surface area (Å²) in [4.78, 5) is 0. The number of benzene rings is 29. The van der Waals surface area contributed by atoms with Crippen LogP contribution in [0, 0.1) is 0 Å². The molecule has 0 spiro atoms. The molecule has 0 aromatic heterocycles. The first-order valence-electron chi connectivity index (χ1n) is 51.3. The first-order valence-corrected chi connectivity index (χ1v) is 51.3. The fourth-order valence-electron chi connectivity index (χ4n) is 23.4. The number of hydrogen-bond acceptors (Lipinski definition) is 0. The summed E-state index contributed by atoms with van der Waals surface area (Å²) in [7, 11) is 0. The molecule has 29 aromatic rings. The van der Waals surface area contributed by atoms with E-state index in [-0.39, 0.29) is 0 Å². The summed E-state index contributed by atoms with van der Waals surface area (Å²) in [5, 5.41) is 32.8. The zero-order valence-electron chi connectivity index (χ0n) is 81.4. The summed E-state index contributed by atoms with van der Waals surface area (Å²) >= 11 is 0. The monoisotopic (exact) mass is 1870 g/mol. The zero-order chi connectivity index (χ0) is 97.9. The highest BCUT2D eigenvalue weighted by Crippen LogP contribution is 2.54. The van der Waals surface area contributed by atoms with Crippen molar-refractivity contribution in [3.8, 4) is 145 Å². The summed E-state index contributed by atoms with van der Waals surface area (Å²) < 4.78 is 0. The van der Waals surface area contributed by atoms with Crippen molar-refractivity contribution < 1.29 is 0 Å². The largest absolute Gasteiger partial charge is 0.0622 e. The molecule has 29 aromatic carbocycles. The Morgan fingerprint density at radius 2 is 0.270 bits per heavy atom. The molecule has 0 heterocycles. The third kappa shape index (κ3) is 16.1. The van der Waals surface area contributed by atoms with Crippen LogP contribution in [0.1, 0.15) is 0 Å². The van der Waals surface area contributed by atoms with Gasteiger partial charge in [0.25, 0.3) is 0 Å². The van der Waals surface area contributed by atoms with E-state index in [1.54, 1.807) is 0 Å². The molecule has 0 N–H and O–H groups in total. The number of fused-ring (bicyclic) bond motifs is 16. The lowest BCUT2D eigenvalue weighted by atomic mass is 9.82. The van der Waals surface area contributed by atoms with Gasteiger partial charge < -0.3 is 0 Å². The predicted octanol–water partition coefficient (Wildman–Crippen LogP) is 41.7. The summed E-state index contributed by atoms with van der Waals surface area (Å²) in [6.07, 6.45) is 0. The van der Waals surface area contributed by atoms with Gasteiger partial charge in [0.15, 0.2) is 0 Å². The van der Waals surface area contributed by atoms with Gasteiger partial charge in [0, 0.05) is 0 Å². The zero-order valence-corrected chi connectivity index (χ0v) is 81.4. The first kappa shape index (κ1) is 87.8. The molecule has 0 heteroatoms. The summed E-state index contributed by atoms with van der Waals surface area (Å²) in [6.45, 7) is 0. The lowest BCUT2D eigenvalue weighted by Crippen LogP contribution is -1.93. The topological polar surface area (TPSA) is 0 Å². The van der Waals surface area contributed by atoms with Gasteiger partial charge in [-0.2, -0.15) is 0 Å². The molecule has 0 aliphatic heterocycles. The average molecular weight is 1870 g/mol. The molecule has 0 fully saturated rings. The van der Waals surface area contributed by atoms with Crippen LogP contribution in [0.15, 0.2) is 582 Å². The second-order valence-electron chi connectivity index (χ2n) is 39.0. The molecule has 0 amide bonds. The van der Waals surface area contributed by atoms with Crippen molar-refractivity contribution in [3.63, 3.8) is 0 Å². The van der Waals surface area contributed by atoms with Crippen molar-refractivity contribution in [2.24, 2.45) is 0 Å². The fraction of sp³-hybridized carbons (Fsp3) is 0. The molecule has 0 aliphatic carbocycles. The van der Waals surface area contributed by atoms with Crippen LogP contribution in [0.25, 0.3) is 285 Å². The van der Waals surface area contributed by atoms with Crippen LogP contribution >= 0.6 is 0 Å². The molecule has 29 rings (SSSR count). The standard InChI is InChI=1S/C52H34.C48H30.C48H32/c1-3-11-35(12-4-1)38-19-24-41(25-20-38)50-47-31-30-45(44-28-23-37-15-7-8-17-43(37)33-44)34-49(47)51(52-46-18-10-9-16-40(46)29-32-48(50)52)42-26-21-39(22-27-42)36-13-5-2-6-14-36;1-3-14-35-28-38(22-20-31(35)10-1)46-43-26-25-37(41-19-9-16-33-12-5-7-17-40(33)41)30-45(43)47(39-23-21-32-11-2-4-15-36(32)29-39)48-42-18-8-6-13-34(42)24-27-44(46)48;1-4-12-33(13-5-1)36-20-24-39(25-21-36)46-43-30-29-41(35-16-8-3-9-17-35)32-45(43)47(48-42-19-11-10-18-38(42)28-31-44(46)48)40-26-22-37(23-27-40)34-14-6-2-7-15-34/h1-34H;1-30H;1-32H. The predicted molar refractivity (Wildman–Crippen MR) is 638 cm³/mol. The van der Waals surface area contributed by atoms with Gasteiger partial charge in [-0.3, -0.25) is 0 Å². The molecule has 0 nitrogen and oxygen atoms in total. The molecular weight excluding hydrogens is 1780 g/mol. The highest BCUT2D eigenvalue weighted by molar-refractivity contribution is 6.32. The van der Waals surface area contributed by atoms with Crippen LogP contribution < -0.4 is 0 Å². The van der Waals surface area contributed by atoms with E-state index in [0.717, 1.165) is 0 Å². The second kappa shape index (κ2) is 37.9. The lowest BCUT2D eigenvalue weighted by molar-refractivity contribution is 1.60. The summed E-state index contributed by atoms with van der Waals surface area (Å²) in [5.41, 5.74) is 32.1. The van der Waals surface area contributed by atoms with Gasteiger partial charge >= 0.3 is 0 Å². The Balaban J connectivity index is 0.000000110. The third-order valence-electron chi connectivity index (χ3n) is 30.5. The van der Waals surface area contributed by atoms with E-state index < -0.39 is 0 Å². The Bertz CT molecular complexity index is 10200.